The van der Waals surface area contributed by atoms with Crippen molar-refractivity contribution in [2.45, 2.75) is 13.0 Å². The highest BCUT2D eigenvalue weighted by Gasteiger charge is 2.08. The number of hydrogen-bond donors (Lipinski definition) is 2. The summed E-state index contributed by atoms with van der Waals surface area (Å²) in [5.41, 5.74) is 2.68. The van der Waals surface area contributed by atoms with E-state index in [0.29, 0.717) is 0 Å². The summed E-state index contributed by atoms with van der Waals surface area (Å²) in [6.07, 6.45) is 2.05. The average Bonchev–Trinajstić information content (AvgIpc) is 2.71. The fourth-order valence-corrected chi connectivity index (χ4v) is 1.71. The Labute approximate surface area is 92.9 Å². The van der Waals surface area contributed by atoms with Crippen LogP contribution in [0, 0.1) is 0 Å². The molecule has 1 aromatic carbocycles. The highest BCUT2D eigenvalue weighted by Crippen LogP contribution is 2.20. The number of fused-ring (bicyclic) bond motifs is 1. The molecular weight excluding hydrogens is 206 g/mol. The number of rotatable bonds is 3. The quantitative estimate of drug-likeness (QED) is 0.766. The smallest absolute Gasteiger partial charge is 0.310 e. The summed E-state index contributed by atoms with van der Waals surface area (Å²) in [6.45, 7) is 0.0152. The van der Waals surface area contributed by atoms with E-state index in [0.717, 1.165) is 22.0 Å². The van der Waals surface area contributed by atoms with Gasteiger partial charge in [-0.25, -0.2) is 0 Å². The number of aliphatic hydroxyl groups is 1. The molecule has 1 aromatic heterocycles. The zero-order valence-electron chi connectivity index (χ0n) is 8.99. The second-order valence-corrected chi connectivity index (χ2v) is 3.60. The number of aromatic amines is 1. The monoisotopic (exact) mass is 219 g/mol. The van der Waals surface area contributed by atoms with E-state index in [1.165, 1.54) is 7.11 Å². The first kappa shape index (κ1) is 10.7. The van der Waals surface area contributed by atoms with Gasteiger partial charge in [-0.3, -0.25) is 4.79 Å². The molecule has 1 heterocycles. The van der Waals surface area contributed by atoms with Crippen molar-refractivity contribution in [3.63, 3.8) is 0 Å². The van der Waals surface area contributed by atoms with Gasteiger partial charge in [0.15, 0.2) is 0 Å². The Morgan fingerprint density at radius 1 is 1.50 bits per heavy atom. The molecule has 4 nitrogen and oxygen atoms in total. The Balaban J connectivity index is 2.37. The van der Waals surface area contributed by atoms with Crippen molar-refractivity contribution < 1.29 is 14.6 Å². The molecule has 0 unspecified atom stereocenters. The van der Waals surface area contributed by atoms with Gasteiger partial charge in [-0.15, -0.1) is 0 Å². The third-order valence-electron chi connectivity index (χ3n) is 2.58. The summed E-state index contributed by atoms with van der Waals surface area (Å²) in [4.78, 5) is 14.2. The molecule has 0 radical (unpaired) electrons. The van der Waals surface area contributed by atoms with E-state index in [4.69, 9.17) is 5.11 Å². The van der Waals surface area contributed by atoms with E-state index in [2.05, 4.69) is 9.72 Å². The van der Waals surface area contributed by atoms with Crippen molar-refractivity contribution in [2.24, 2.45) is 0 Å². The first-order valence-electron chi connectivity index (χ1n) is 5.01. The summed E-state index contributed by atoms with van der Waals surface area (Å²) >= 11 is 0. The van der Waals surface area contributed by atoms with Crippen LogP contribution in [0.25, 0.3) is 10.9 Å². The predicted octanol–water partition coefficient (Wildman–Crippen LogP) is 1.38. The Kier molecular flexibility index (Phi) is 2.92. The Morgan fingerprint density at radius 2 is 2.31 bits per heavy atom. The standard InChI is InChI=1S/C12H13NO3/c1-16-12(15)5-9-6-13-11-4-8(7-14)2-3-10(9)11/h2-4,6,13-14H,5,7H2,1H3. The van der Waals surface area contributed by atoms with Crippen LogP contribution in [0.1, 0.15) is 11.1 Å². The van der Waals surface area contributed by atoms with Gasteiger partial charge in [0.2, 0.25) is 0 Å². The number of benzene rings is 1. The van der Waals surface area contributed by atoms with Crippen LogP contribution in [0.15, 0.2) is 24.4 Å². The van der Waals surface area contributed by atoms with E-state index in [1.54, 1.807) is 6.20 Å². The number of aromatic nitrogens is 1. The van der Waals surface area contributed by atoms with Crippen molar-refractivity contribution in [1.29, 1.82) is 0 Å². The third kappa shape index (κ3) is 1.92. The molecule has 0 bridgehead atoms. The Morgan fingerprint density at radius 3 is 3.00 bits per heavy atom. The Hall–Kier alpha value is -1.81. The third-order valence-corrected chi connectivity index (χ3v) is 2.58. The maximum absolute atomic E-state index is 11.2. The van der Waals surface area contributed by atoms with Gasteiger partial charge in [0.25, 0.3) is 0 Å². The molecule has 2 aromatic rings. The molecule has 0 aliphatic heterocycles. The average molecular weight is 219 g/mol. The molecule has 0 saturated heterocycles. The molecule has 0 spiro atoms. The van der Waals surface area contributed by atoms with Crippen molar-refractivity contribution >= 4 is 16.9 Å². The molecule has 84 valence electrons. The summed E-state index contributed by atoms with van der Waals surface area (Å²) in [6, 6.07) is 5.61. The van der Waals surface area contributed by atoms with Crippen LogP contribution in [0.2, 0.25) is 0 Å². The minimum Gasteiger partial charge on any atom is -0.469 e. The van der Waals surface area contributed by atoms with Crippen molar-refractivity contribution in [3.05, 3.63) is 35.5 Å². The minimum atomic E-state index is -0.257. The van der Waals surface area contributed by atoms with Crippen LogP contribution >= 0.6 is 0 Å². The van der Waals surface area contributed by atoms with E-state index in [-0.39, 0.29) is 19.0 Å². The molecule has 0 atom stereocenters. The lowest BCUT2D eigenvalue weighted by Gasteiger charge is -1.99. The molecule has 0 aliphatic carbocycles. The molecular formula is C12H13NO3. The SMILES string of the molecule is COC(=O)Cc1c[nH]c2cc(CO)ccc12. The summed E-state index contributed by atoms with van der Waals surface area (Å²) < 4.78 is 4.62. The number of aliphatic hydroxyl groups excluding tert-OH is 1. The van der Waals surface area contributed by atoms with Gasteiger partial charge in [0.1, 0.15) is 0 Å². The zero-order valence-corrected chi connectivity index (χ0v) is 8.99. The molecule has 16 heavy (non-hydrogen) atoms. The van der Waals surface area contributed by atoms with E-state index < -0.39 is 0 Å². The van der Waals surface area contributed by atoms with Gasteiger partial charge in [0, 0.05) is 17.1 Å². The van der Waals surface area contributed by atoms with E-state index >= 15 is 0 Å². The first-order chi connectivity index (χ1) is 7.74. The minimum absolute atomic E-state index is 0.0152. The van der Waals surface area contributed by atoms with Gasteiger partial charge in [0.05, 0.1) is 20.1 Å². The van der Waals surface area contributed by atoms with Gasteiger partial charge in [-0.05, 0) is 17.2 Å². The summed E-state index contributed by atoms with van der Waals surface area (Å²) in [5.74, 6) is -0.257. The second kappa shape index (κ2) is 4.37. The van der Waals surface area contributed by atoms with Crippen LogP contribution in [0.5, 0.6) is 0 Å². The highest BCUT2D eigenvalue weighted by atomic mass is 16.5. The van der Waals surface area contributed by atoms with Gasteiger partial charge in [-0.2, -0.15) is 0 Å². The van der Waals surface area contributed by atoms with Crippen molar-refractivity contribution in [3.8, 4) is 0 Å². The van der Waals surface area contributed by atoms with Gasteiger partial charge in [-0.1, -0.05) is 12.1 Å². The zero-order chi connectivity index (χ0) is 11.5. The number of carbonyl (C=O) groups excluding carboxylic acids is 1. The molecule has 0 fully saturated rings. The normalized spacial score (nSPS) is 10.6. The van der Waals surface area contributed by atoms with Crippen LogP contribution in [0.3, 0.4) is 0 Å². The molecule has 0 saturated carbocycles. The van der Waals surface area contributed by atoms with Crippen molar-refractivity contribution in [2.75, 3.05) is 7.11 Å². The second-order valence-electron chi connectivity index (χ2n) is 3.60. The van der Waals surface area contributed by atoms with Crippen LogP contribution in [0.4, 0.5) is 0 Å². The maximum atomic E-state index is 11.2. The summed E-state index contributed by atoms with van der Waals surface area (Å²) in [5, 5.41) is 9.99. The van der Waals surface area contributed by atoms with Crippen molar-refractivity contribution in [1.82, 2.24) is 4.98 Å². The molecule has 0 amide bonds. The van der Waals surface area contributed by atoms with Crippen LogP contribution < -0.4 is 0 Å². The lowest BCUT2D eigenvalue weighted by atomic mass is 10.1. The molecule has 2 N–H and O–H groups in total. The molecule has 2 rings (SSSR count). The maximum Gasteiger partial charge on any atom is 0.310 e. The highest BCUT2D eigenvalue weighted by molar-refractivity contribution is 5.87. The largest absolute Gasteiger partial charge is 0.469 e. The number of hydrogen-bond acceptors (Lipinski definition) is 3. The molecule has 0 aliphatic rings. The number of nitrogens with one attached hydrogen (secondary N) is 1. The van der Waals surface area contributed by atoms with Crippen LogP contribution in [-0.4, -0.2) is 23.2 Å². The van der Waals surface area contributed by atoms with Crippen LogP contribution in [-0.2, 0) is 22.6 Å². The van der Waals surface area contributed by atoms with Gasteiger partial charge >= 0.3 is 5.97 Å². The number of methoxy groups -OCH3 is 1. The number of H-pyrrole nitrogens is 1. The topological polar surface area (TPSA) is 62.3 Å². The number of carbonyl (C=O) groups is 1. The molecule has 4 heteroatoms. The lowest BCUT2D eigenvalue weighted by molar-refractivity contribution is -0.139. The first-order valence-corrected chi connectivity index (χ1v) is 5.01. The fourth-order valence-electron chi connectivity index (χ4n) is 1.71. The van der Waals surface area contributed by atoms with E-state index in [1.807, 2.05) is 18.2 Å². The Bertz CT molecular complexity index is 516. The fraction of sp³-hybridized carbons (Fsp3) is 0.250. The summed E-state index contributed by atoms with van der Waals surface area (Å²) in [7, 11) is 1.38. The van der Waals surface area contributed by atoms with E-state index in [9.17, 15) is 4.79 Å². The number of ether oxygens (including phenoxy) is 1. The predicted molar refractivity (Wildman–Crippen MR) is 59.9 cm³/mol. The lowest BCUT2D eigenvalue weighted by Crippen LogP contribution is -2.03. The van der Waals surface area contributed by atoms with Gasteiger partial charge < -0.3 is 14.8 Å². The number of esters is 1.